The minimum absolute atomic E-state index is 0.0175. The van der Waals surface area contributed by atoms with Gasteiger partial charge in [-0.3, -0.25) is 14.4 Å². The zero-order chi connectivity index (χ0) is 20.5. The Morgan fingerprint density at radius 3 is 2.00 bits per heavy atom. The average Bonchev–Trinajstić information content (AvgIpc) is 2.64. The first-order chi connectivity index (χ1) is 13.4. The largest absolute Gasteiger partial charge is 0.348 e. The van der Waals surface area contributed by atoms with Crippen LogP contribution in [0.4, 0.5) is 11.4 Å². The highest BCUT2D eigenvalue weighted by atomic mass is 16.2. The minimum Gasteiger partial charge on any atom is -0.348 e. The molecular formula is C21H33N4O3+. The number of quaternary nitrogens is 1. The van der Waals surface area contributed by atoms with Crippen molar-refractivity contribution in [3.05, 3.63) is 24.3 Å². The second-order valence-corrected chi connectivity index (χ2v) is 7.79. The van der Waals surface area contributed by atoms with Crippen LogP contribution in [-0.4, -0.2) is 43.4 Å². The van der Waals surface area contributed by atoms with E-state index in [0.29, 0.717) is 24.5 Å². The van der Waals surface area contributed by atoms with E-state index in [1.54, 1.807) is 24.3 Å². The molecule has 0 radical (unpaired) electrons. The van der Waals surface area contributed by atoms with Gasteiger partial charge >= 0.3 is 0 Å². The molecule has 0 spiro atoms. The van der Waals surface area contributed by atoms with Crippen LogP contribution < -0.4 is 20.9 Å². The number of hydrogen-bond acceptors (Lipinski definition) is 3. The summed E-state index contributed by atoms with van der Waals surface area (Å²) in [4.78, 5) is 36.6. The fourth-order valence-electron chi connectivity index (χ4n) is 3.50. The van der Waals surface area contributed by atoms with Crippen LogP contribution in [0.25, 0.3) is 0 Å². The molecule has 1 aliphatic carbocycles. The number of rotatable bonds is 8. The predicted molar refractivity (Wildman–Crippen MR) is 110 cm³/mol. The lowest BCUT2D eigenvalue weighted by Crippen LogP contribution is -3.14. The maximum Gasteiger partial charge on any atom is 0.279 e. The molecule has 1 unspecified atom stereocenters. The number of anilines is 2. The summed E-state index contributed by atoms with van der Waals surface area (Å²) >= 11 is 0. The Bertz CT molecular complexity index is 667. The van der Waals surface area contributed by atoms with E-state index in [0.717, 1.165) is 23.7 Å². The van der Waals surface area contributed by atoms with E-state index in [1.807, 2.05) is 6.92 Å². The summed E-state index contributed by atoms with van der Waals surface area (Å²) in [7, 11) is 0. The molecule has 1 atom stereocenters. The van der Waals surface area contributed by atoms with Crippen LogP contribution >= 0.6 is 0 Å². The molecule has 154 valence electrons. The predicted octanol–water partition coefficient (Wildman–Crippen LogP) is 1.18. The van der Waals surface area contributed by atoms with Gasteiger partial charge in [-0.15, -0.1) is 0 Å². The third kappa shape index (κ3) is 7.68. The third-order valence-electron chi connectivity index (χ3n) is 5.19. The van der Waals surface area contributed by atoms with Gasteiger partial charge in [0.1, 0.15) is 0 Å². The summed E-state index contributed by atoms with van der Waals surface area (Å²) in [6.07, 6.45) is 4.42. The first-order valence-corrected chi connectivity index (χ1v) is 10.2. The molecule has 7 heteroatoms. The van der Waals surface area contributed by atoms with Crippen molar-refractivity contribution in [2.45, 2.75) is 52.5 Å². The van der Waals surface area contributed by atoms with Crippen molar-refractivity contribution in [1.82, 2.24) is 5.32 Å². The molecule has 0 saturated heterocycles. The fourth-order valence-corrected chi connectivity index (χ4v) is 3.50. The maximum atomic E-state index is 12.3. The van der Waals surface area contributed by atoms with Crippen LogP contribution in [-0.2, 0) is 14.4 Å². The van der Waals surface area contributed by atoms with E-state index >= 15 is 0 Å². The number of hydrogen-bond donors (Lipinski definition) is 4. The number of benzene rings is 1. The normalized spacial score (nSPS) is 20.1. The van der Waals surface area contributed by atoms with Gasteiger partial charge in [-0.1, -0.05) is 6.92 Å². The molecular weight excluding hydrogens is 356 g/mol. The van der Waals surface area contributed by atoms with Crippen molar-refractivity contribution >= 4 is 29.1 Å². The molecule has 1 fully saturated rings. The highest BCUT2D eigenvalue weighted by molar-refractivity contribution is 5.92. The highest BCUT2D eigenvalue weighted by Gasteiger charge is 2.22. The Kier molecular flexibility index (Phi) is 8.44. The van der Waals surface area contributed by atoms with E-state index in [-0.39, 0.29) is 30.3 Å². The van der Waals surface area contributed by atoms with Crippen LogP contribution in [0.15, 0.2) is 24.3 Å². The Morgan fingerprint density at radius 1 is 0.929 bits per heavy atom. The summed E-state index contributed by atoms with van der Waals surface area (Å²) < 4.78 is 0. The molecule has 1 saturated carbocycles. The molecule has 4 N–H and O–H groups in total. The number of carbonyl (C=O) groups is 3. The summed E-state index contributed by atoms with van der Waals surface area (Å²) in [5, 5.41) is 8.65. The molecule has 28 heavy (non-hydrogen) atoms. The van der Waals surface area contributed by atoms with Gasteiger partial charge in [0, 0.05) is 24.3 Å². The van der Waals surface area contributed by atoms with Crippen LogP contribution in [0.2, 0.25) is 0 Å². The van der Waals surface area contributed by atoms with Crippen molar-refractivity contribution in [2.24, 2.45) is 5.92 Å². The van der Waals surface area contributed by atoms with Gasteiger partial charge in [0.15, 0.2) is 13.1 Å². The third-order valence-corrected chi connectivity index (χ3v) is 5.19. The van der Waals surface area contributed by atoms with Gasteiger partial charge in [-0.25, -0.2) is 0 Å². The van der Waals surface area contributed by atoms with E-state index in [4.69, 9.17) is 0 Å². The molecule has 7 nitrogen and oxygen atoms in total. The number of nitrogens with one attached hydrogen (secondary N) is 4. The zero-order valence-electron chi connectivity index (χ0n) is 17.1. The molecule has 0 bridgehead atoms. The fraction of sp³-hybridized carbons (Fsp3) is 0.571. The molecule has 2 rings (SSSR count). The maximum absolute atomic E-state index is 12.3. The SMILES string of the molecule is CC[NH+](CC(=O)Nc1ccc(NC(C)=O)cc1)CC(=O)NC1CCC(C)CC1. The second-order valence-electron chi connectivity index (χ2n) is 7.79. The number of amides is 3. The Morgan fingerprint density at radius 2 is 1.46 bits per heavy atom. The average molecular weight is 390 g/mol. The summed E-state index contributed by atoms with van der Waals surface area (Å²) in [5.74, 6) is 0.495. The summed E-state index contributed by atoms with van der Waals surface area (Å²) in [6, 6.07) is 7.23. The number of likely N-dealkylation sites (N-methyl/N-ethyl adjacent to an activating group) is 1. The first kappa shape index (κ1) is 21.9. The van der Waals surface area contributed by atoms with Crippen molar-refractivity contribution in [3.63, 3.8) is 0 Å². The van der Waals surface area contributed by atoms with Crippen molar-refractivity contribution in [1.29, 1.82) is 0 Å². The molecule has 1 aromatic carbocycles. The molecule has 1 aliphatic rings. The standard InChI is InChI=1S/C21H32N4O3/c1-4-25(13-20(27)23-18-7-5-15(2)6-8-18)14-21(28)24-19-11-9-17(10-12-19)22-16(3)26/h9-12,15,18H,4-8,13-14H2,1-3H3,(H,22,26)(H,23,27)(H,24,28)/p+1. The molecule has 0 aliphatic heterocycles. The quantitative estimate of drug-likeness (QED) is 0.538. The Balaban J connectivity index is 1.77. The highest BCUT2D eigenvalue weighted by Crippen LogP contribution is 2.23. The summed E-state index contributed by atoms with van der Waals surface area (Å²) in [6.45, 7) is 6.91. The lowest BCUT2D eigenvalue weighted by molar-refractivity contribution is -0.881. The van der Waals surface area contributed by atoms with Gasteiger partial charge in [0.2, 0.25) is 5.91 Å². The first-order valence-electron chi connectivity index (χ1n) is 10.2. The molecule has 1 aromatic rings. The number of carbonyl (C=O) groups excluding carboxylic acids is 3. The Labute approximate surface area is 167 Å². The molecule has 3 amide bonds. The van der Waals surface area contributed by atoms with Gasteiger partial charge in [0.05, 0.1) is 6.54 Å². The van der Waals surface area contributed by atoms with E-state index < -0.39 is 0 Å². The van der Waals surface area contributed by atoms with Gasteiger partial charge in [-0.2, -0.15) is 0 Å². The lowest BCUT2D eigenvalue weighted by atomic mass is 9.87. The lowest BCUT2D eigenvalue weighted by Gasteiger charge is -2.27. The van der Waals surface area contributed by atoms with Gasteiger partial charge in [-0.05, 0) is 62.8 Å². The van der Waals surface area contributed by atoms with Crippen LogP contribution in [0.3, 0.4) is 0 Å². The van der Waals surface area contributed by atoms with Crippen LogP contribution in [0.5, 0.6) is 0 Å². The van der Waals surface area contributed by atoms with Crippen molar-refractivity contribution < 1.29 is 19.3 Å². The van der Waals surface area contributed by atoms with E-state index in [1.165, 1.54) is 19.8 Å². The van der Waals surface area contributed by atoms with Gasteiger partial charge < -0.3 is 20.9 Å². The van der Waals surface area contributed by atoms with Crippen molar-refractivity contribution in [3.8, 4) is 0 Å². The van der Waals surface area contributed by atoms with Crippen molar-refractivity contribution in [2.75, 3.05) is 30.3 Å². The second kappa shape index (κ2) is 10.8. The Hall–Kier alpha value is -2.41. The van der Waals surface area contributed by atoms with Crippen LogP contribution in [0, 0.1) is 5.92 Å². The monoisotopic (exact) mass is 389 g/mol. The van der Waals surface area contributed by atoms with Crippen LogP contribution in [0.1, 0.15) is 46.5 Å². The smallest absolute Gasteiger partial charge is 0.279 e. The summed E-state index contributed by atoms with van der Waals surface area (Å²) in [5.41, 5.74) is 1.34. The van der Waals surface area contributed by atoms with E-state index in [9.17, 15) is 14.4 Å². The van der Waals surface area contributed by atoms with E-state index in [2.05, 4.69) is 22.9 Å². The topological polar surface area (TPSA) is 91.7 Å². The minimum atomic E-state index is -0.139. The van der Waals surface area contributed by atoms with Gasteiger partial charge in [0.25, 0.3) is 11.8 Å². The molecule has 0 heterocycles. The zero-order valence-corrected chi connectivity index (χ0v) is 17.1. The molecule has 0 aromatic heterocycles.